The number of thioether (sulfide) groups is 1. The zero-order valence-corrected chi connectivity index (χ0v) is 14.5. The second kappa shape index (κ2) is 8.53. The molecule has 9 heteroatoms. The Morgan fingerprint density at radius 3 is 2.83 bits per heavy atom. The fourth-order valence-electron chi connectivity index (χ4n) is 2.11. The minimum atomic E-state index is -0.826. The van der Waals surface area contributed by atoms with Crippen LogP contribution in [-0.2, 0) is 11.3 Å². The lowest BCUT2D eigenvalue weighted by atomic mass is 10.2. The number of urea groups is 1. The van der Waals surface area contributed by atoms with Crippen LogP contribution in [0, 0.1) is 5.92 Å². The van der Waals surface area contributed by atoms with Gasteiger partial charge < -0.3 is 10.2 Å². The highest BCUT2D eigenvalue weighted by molar-refractivity contribution is 7.99. The Bertz CT molecular complexity index is 681. The number of nitrogens with zero attached hydrogens (tertiary/aromatic N) is 3. The molecular formula is C15H21N5O3S. The predicted molar refractivity (Wildman–Crippen MR) is 90.2 cm³/mol. The molecule has 2 aromatic rings. The highest BCUT2D eigenvalue weighted by Gasteiger charge is 2.17. The highest BCUT2D eigenvalue weighted by atomic mass is 32.2. The van der Waals surface area contributed by atoms with E-state index in [1.165, 1.54) is 11.8 Å². The fourth-order valence-corrected chi connectivity index (χ4v) is 3.00. The van der Waals surface area contributed by atoms with Gasteiger partial charge in [-0.15, -0.1) is 10.2 Å². The number of nitrogens with one attached hydrogen (secondary N) is 1. The predicted octanol–water partition coefficient (Wildman–Crippen LogP) is 2.26. The van der Waals surface area contributed by atoms with Gasteiger partial charge in [0.1, 0.15) is 0 Å². The Morgan fingerprint density at radius 1 is 1.42 bits per heavy atom. The van der Waals surface area contributed by atoms with Gasteiger partial charge in [0.05, 0.1) is 6.26 Å². The average molecular weight is 351 g/mol. The second-order valence-electron chi connectivity index (χ2n) is 5.65. The van der Waals surface area contributed by atoms with E-state index in [9.17, 15) is 9.59 Å². The summed E-state index contributed by atoms with van der Waals surface area (Å²) in [6, 6.07) is 2.84. The second-order valence-corrected chi connectivity index (χ2v) is 6.71. The van der Waals surface area contributed by atoms with E-state index in [0.717, 1.165) is 11.7 Å². The summed E-state index contributed by atoms with van der Waals surface area (Å²) >= 11 is 1.52. The number of primary amides is 1. The number of nitrogens with two attached hydrogens (primary N) is 1. The summed E-state index contributed by atoms with van der Waals surface area (Å²) in [5, 5.41) is 11.3. The normalized spacial score (nSPS) is 11.0. The summed E-state index contributed by atoms with van der Waals surface area (Å²) in [5.41, 5.74) is 4.90. The molecule has 0 bridgehead atoms. The molecule has 0 aliphatic carbocycles. The topological polar surface area (TPSA) is 116 Å². The number of imide groups is 1. The lowest BCUT2D eigenvalue weighted by Crippen LogP contribution is -2.34. The van der Waals surface area contributed by atoms with Gasteiger partial charge in [0.2, 0.25) is 5.91 Å². The molecule has 3 amide bonds. The van der Waals surface area contributed by atoms with Crippen LogP contribution in [0.2, 0.25) is 0 Å². The van der Waals surface area contributed by atoms with Crippen LogP contribution in [0.15, 0.2) is 28.0 Å². The Hall–Kier alpha value is -2.29. The molecule has 0 fully saturated rings. The van der Waals surface area contributed by atoms with E-state index in [1.807, 2.05) is 22.0 Å². The van der Waals surface area contributed by atoms with Gasteiger partial charge in [-0.2, -0.15) is 0 Å². The minimum absolute atomic E-state index is 0.235. The van der Waals surface area contributed by atoms with Gasteiger partial charge in [-0.3, -0.25) is 14.7 Å². The molecule has 0 aliphatic rings. The van der Waals surface area contributed by atoms with E-state index < -0.39 is 6.03 Å². The standard InChI is InChI=1S/C15H21N5O3S/c1-10(2)9-20-13(11-5-3-7-23-11)18-19-15(20)24-8-4-6-12(21)17-14(16)22/h3,5,7,10H,4,6,8-9H2,1-2H3,(H3,16,17,21,22). The molecule has 2 aromatic heterocycles. The Morgan fingerprint density at radius 2 is 2.21 bits per heavy atom. The lowest BCUT2D eigenvalue weighted by molar-refractivity contribution is -0.119. The first-order valence-corrected chi connectivity index (χ1v) is 8.65. The van der Waals surface area contributed by atoms with Crippen LogP contribution in [0.1, 0.15) is 26.7 Å². The third-order valence-electron chi connectivity index (χ3n) is 3.05. The van der Waals surface area contributed by atoms with Gasteiger partial charge in [-0.1, -0.05) is 25.6 Å². The first kappa shape index (κ1) is 18.1. The number of hydrogen-bond acceptors (Lipinski definition) is 6. The average Bonchev–Trinajstić information content (AvgIpc) is 3.12. The van der Waals surface area contributed by atoms with Crippen molar-refractivity contribution in [1.29, 1.82) is 0 Å². The molecule has 0 radical (unpaired) electrons. The SMILES string of the molecule is CC(C)Cn1c(SCCCC(=O)NC(N)=O)nnc1-c1ccco1. The highest BCUT2D eigenvalue weighted by Crippen LogP contribution is 2.26. The van der Waals surface area contributed by atoms with Crippen molar-refractivity contribution >= 4 is 23.7 Å². The van der Waals surface area contributed by atoms with E-state index in [2.05, 4.69) is 24.0 Å². The molecule has 2 rings (SSSR count). The van der Waals surface area contributed by atoms with E-state index >= 15 is 0 Å². The molecule has 3 N–H and O–H groups in total. The maximum absolute atomic E-state index is 11.4. The van der Waals surface area contributed by atoms with Crippen molar-refractivity contribution in [2.24, 2.45) is 11.7 Å². The van der Waals surface area contributed by atoms with Crippen LogP contribution in [-0.4, -0.2) is 32.5 Å². The van der Waals surface area contributed by atoms with Gasteiger partial charge in [0, 0.05) is 18.7 Å². The molecule has 0 unspecified atom stereocenters. The van der Waals surface area contributed by atoms with E-state index in [0.29, 0.717) is 29.7 Å². The zero-order chi connectivity index (χ0) is 17.5. The summed E-state index contributed by atoms with van der Waals surface area (Å²) in [7, 11) is 0. The first-order chi connectivity index (χ1) is 11.5. The van der Waals surface area contributed by atoms with Crippen LogP contribution in [0.25, 0.3) is 11.6 Å². The maximum Gasteiger partial charge on any atom is 0.318 e. The van der Waals surface area contributed by atoms with Crippen LogP contribution in [0.3, 0.4) is 0 Å². The van der Waals surface area contributed by atoms with Crippen LogP contribution in [0.5, 0.6) is 0 Å². The third kappa shape index (κ3) is 5.12. The molecule has 24 heavy (non-hydrogen) atoms. The maximum atomic E-state index is 11.4. The number of carbonyl (C=O) groups is 2. The molecule has 0 atom stereocenters. The largest absolute Gasteiger partial charge is 0.461 e. The summed E-state index contributed by atoms with van der Waals surface area (Å²) < 4.78 is 7.45. The molecule has 0 saturated carbocycles. The Labute approximate surface area is 144 Å². The molecule has 2 heterocycles. The van der Waals surface area contributed by atoms with Crippen molar-refractivity contribution in [3.05, 3.63) is 18.4 Å². The molecule has 130 valence electrons. The molecule has 0 aliphatic heterocycles. The van der Waals surface area contributed by atoms with E-state index in [-0.39, 0.29) is 12.3 Å². The smallest absolute Gasteiger partial charge is 0.318 e. The number of aromatic nitrogens is 3. The van der Waals surface area contributed by atoms with Gasteiger partial charge >= 0.3 is 6.03 Å². The third-order valence-corrected chi connectivity index (χ3v) is 4.10. The van der Waals surface area contributed by atoms with Crippen LogP contribution in [0.4, 0.5) is 4.79 Å². The Balaban J connectivity index is 1.97. The quantitative estimate of drug-likeness (QED) is 0.556. The number of rotatable bonds is 8. The van der Waals surface area contributed by atoms with Crippen molar-refractivity contribution in [2.75, 3.05) is 5.75 Å². The molecule has 0 saturated heterocycles. The first-order valence-electron chi connectivity index (χ1n) is 7.66. The molecule has 8 nitrogen and oxygen atoms in total. The number of hydrogen-bond donors (Lipinski definition) is 2. The molecule has 0 spiro atoms. The summed E-state index contributed by atoms with van der Waals surface area (Å²) in [6.07, 6.45) is 2.45. The van der Waals surface area contributed by atoms with Gasteiger partial charge in [0.25, 0.3) is 0 Å². The van der Waals surface area contributed by atoms with Gasteiger partial charge in [-0.25, -0.2) is 4.79 Å². The monoisotopic (exact) mass is 351 g/mol. The summed E-state index contributed by atoms with van der Waals surface area (Å²) in [4.78, 5) is 22.0. The lowest BCUT2D eigenvalue weighted by Gasteiger charge is -2.11. The van der Waals surface area contributed by atoms with Gasteiger partial charge in [0.15, 0.2) is 16.7 Å². The zero-order valence-electron chi connectivity index (χ0n) is 13.7. The van der Waals surface area contributed by atoms with Crippen LogP contribution >= 0.6 is 11.8 Å². The number of amides is 3. The molecule has 0 aromatic carbocycles. The Kier molecular flexibility index (Phi) is 6.42. The van der Waals surface area contributed by atoms with E-state index in [1.54, 1.807) is 6.26 Å². The van der Waals surface area contributed by atoms with Crippen LogP contribution < -0.4 is 11.1 Å². The summed E-state index contributed by atoms with van der Waals surface area (Å²) in [6.45, 7) is 5.01. The van der Waals surface area contributed by atoms with Gasteiger partial charge in [-0.05, 0) is 24.5 Å². The molecular weight excluding hydrogens is 330 g/mol. The van der Waals surface area contributed by atoms with Crippen molar-refractivity contribution in [1.82, 2.24) is 20.1 Å². The fraction of sp³-hybridized carbons (Fsp3) is 0.467. The minimum Gasteiger partial charge on any atom is -0.461 e. The van der Waals surface area contributed by atoms with Crippen molar-refractivity contribution in [3.8, 4) is 11.6 Å². The number of furan rings is 1. The summed E-state index contributed by atoms with van der Waals surface area (Å²) in [5.74, 6) is 2.11. The van der Waals surface area contributed by atoms with Crippen molar-refractivity contribution < 1.29 is 14.0 Å². The number of carbonyl (C=O) groups excluding carboxylic acids is 2. The van der Waals surface area contributed by atoms with Crippen molar-refractivity contribution in [3.63, 3.8) is 0 Å². The van der Waals surface area contributed by atoms with Crippen molar-refractivity contribution in [2.45, 2.75) is 38.4 Å². The van der Waals surface area contributed by atoms with E-state index in [4.69, 9.17) is 10.2 Å².